The van der Waals surface area contributed by atoms with Gasteiger partial charge in [0.1, 0.15) is 6.61 Å². The van der Waals surface area contributed by atoms with Crippen molar-refractivity contribution in [2.75, 3.05) is 18.9 Å². The third-order valence-corrected chi connectivity index (χ3v) is 2.04. The average Bonchev–Trinajstić information content (AvgIpc) is 2.18. The Bertz CT molecular complexity index is 334. The summed E-state index contributed by atoms with van der Waals surface area (Å²) in [7, 11) is 0. The number of ether oxygens (including phenoxy) is 1. The van der Waals surface area contributed by atoms with E-state index in [-0.39, 0.29) is 12.4 Å². The Morgan fingerprint density at radius 2 is 2.21 bits per heavy atom. The molecule has 14 heavy (non-hydrogen) atoms. The number of ketones is 1. The molecular weight excluding hydrogens is 178 g/mol. The van der Waals surface area contributed by atoms with Gasteiger partial charge >= 0.3 is 0 Å². The van der Waals surface area contributed by atoms with Crippen LogP contribution in [0, 0.1) is 6.92 Å². The average molecular weight is 193 g/mol. The first-order chi connectivity index (χ1) is 6.65. The standard InChI is InChI=1S/C11H15NO2/c1-3-14-7-11(13)9-5-4-8(2)10(12)6-9/h4-6H,3,7,12H2,1-2H3. The molecule has 0 aliphatic carbocycles. The number of Topliss-reactive ketones (excluding diaryl/α,β-unsaturated/α-hetero) is 1. The van der Waals surface area contributed by atoms with Gasteiger partial charge in [0.25, 0.3) is 0 Å². The van der Waals surface area contributed by atoms with Gasteiger partial charge in [-0.25, -0.2) is 0 Å². The lowest BCUT2D eigenvalue weighted by atomic mass is 10.1. The maximum atomic E-state index is 11.5. The molecule has 0 heterocycles. The molecule has 0 aliphatic rings. The summed E-state index contributed by atoms with van der Waals surface area (Å²) < 4.78 is 5.03. The number of aryl methyl sites for hydroxylation is 1. The van der Waals surface area contributed by atoms with Crippen LogP contribution in [0.2, 0.25) is 0 Å². The molecule has 3 nitrogen and oxygen atoms in total. The molecule has 76 valence electrons. The Morgan fingerprint density at radius 3 is 2.79 bits per heavy atom. The maximum absolute atomic E-state index is 11.5. The normalized spacial score (nSPS) is 10.1. The van der Waals surface area contributed by atoms with E-state index < -0.39 is 0 Å². The van der Waals surface area contributed by atoms with Crippen LogP contribution in [-0.4, -0.2) is 19.0 Å². The van der Waals surface area contributed by atoms with Gasteiger partial charge in [0, 0.05) is 17.9 Å². The van der Waals surface area contributed by atoms with Gasteiger partial charge in [-0.1, -0.05) is 12.1 Å². The van der Waals surface area contributed by atoms with Crippen molar-refractivity contribution in [3.8, 4) is 0 Å². The summed E-state index contributed by atoms with van der Waals surface area (Å²) in [5, 5.41) is 0. The number of rotatable bonds is 4. The molecule has 0 saturated carbocycles. The molecule has 1 rings (SSSR count). The predicted molar refractivity (Wildman–Crippen MR) is 56.4 cm³/mol. The zero-order valence-electron chi connectivity index (χ0n) is 8.54. The second-order valence-corrected chi connectivity index (χ2v) is 3.13. The van der Waals surface area contributed by atoms with Crippen LogP contribution < -0.4 is 5.73 Å². The zero-order valence-corrected chi connectivity index (χ0v) is 8.54. The highest BCUT2D eigenvalue weighted by atomic mass is 16.5. The lowest BCUT2D eigenvalue weighted by Crippen LogP contribution is -2.09. The lowest BCUT2D eigenvalue weighted by molar-refractivity contribution is 0.0783. The summed E-state index contributed by atoms with van der Waals surface area (Å²) in [5.74, 6) is -0.0291. The van der Waals surface area contributed by atoms with Gasteiger partial charge in [0.05, 0.1) is 0 Å². The van der Waals surface area contributed by atoms with Gasteiger partial charge in [0.2, 0.25) is 0 Å². The second kappa shape index (κ2) is 4.77. The van der Waals surface area contributed by atoms with Gasteiger partial charge in [0.15, 0.2) is 5.78 Å². The number of nitrogen functional groups attached to an aromatic ring is 1. The number of hydrogen-bond donors (Lipinski definition) is 1. The highest BCUT2D eigenvalue weighted by Crippen LogP contribution is 2.13. The molecule has 1 aromatic carbocycles. The highest BCUT2D eigenvalue weighted by Gasteiger charge is 2.06. The summed E-state index contributed by atoms with van der Waals surface area (Å²) in [6, 6.07) is 5.30. The summed E-state index contributed by atoms with van der Waals surface area (Å²) >= 11 is 0. The molecule has 0 saturated heterocycles. The van der Waals surface area contributed by atoms with Gasteiger partial charge in [-0.2, -0.15) is 0 Å². The molecule has 0 amide bonds. The highest BCUT2D eigenvalue weighted by molar-refractivity contribution is 5.97. The Morgan fingerprint density at radius 1 is 1.50 bits per heavy atom. The maximum Gasteiger partial charge on any atom is 0.188 e. The predicted octanol–water partition coefficient (Wildman–Crippen LogP) is 1.80. The van der Waals surface area contributed by atoms with Crippen LogP contribution in [0.25, 0.3) is 0 Å². The molecule has 0 aliphatic heterocycles. The molecule has 0 spiro atoms. The number of hydrogen-bond acceptors (Lipinski definition) is 3. The van der Waals surface area contributed by atoms with E-state index in [0.29, 0.717) is 17.9 Å². The molecule has 1 aromatic rings. The van der Waals surface area contributed by atoms with Crippen molar-refractivity contribution >= 4 is 11.5 Å². The Hall–Kier alpha value is -1.35. The van der Waals surface area contributed by atoms with Crippen LogP contribution in [0.4, 0.5) is 5.69 Å². The molecule has 0 aromatic heterocycles. The van der Waals surface area contributed by atoms with Crippen LogP contribution >= 0.6 is 0 Å². The topological polar surface area (TPSA) is 52.3 Å². The summed E-state index contributed by atoms with van der Waals surface area (Å²) in [6.07, 6.45) is 0. The fourth-order valence-electron chi connectivity index (χ4n) is 1.09. The number of benzene rings is 1. The van der Waals surface area contributed by atoms with Gasteiger partial charge in [-0.3, -0.25) is 4.79 Å². The number of carbonyl (C=O) groups is 1. The fourth-order valence-corrected chi connectivity index (χ4v) is 1.09. The molecule has 3 heteroatoms. The Kier molecular flexibility index (Phi) is 3.65. The van der Waals surface area contributed by atoms with Crippen molar-refractivity contribution in [2.24, 2.45) is 0 Å². The first kappa shape index (κ1) is 10.7. The van der Waals surface area contributed by atoms with E-state index in [1.807, 2.05) is 19.9 Å². The molecular formula is C11H15NO2. The molecule has 0 bridgehead atoms. The monoisotopic (exact) mass is 193 g/mol. The minimum atomic E-state index is -0.0291. The summed E-state index contributed by atoms with van der Waals surface area (Å²) in [6.45, 7) is 4.44. The van der Waals surface area contributed by atoms with E-state index in [1.54, 1.807) is 12.1 Å². The van der Waals surface area contributed by atoms with E-state index in [4.69, 9.17) is 10.5 Å². The van der Waals surface area contributed by atoms with Crippen LogP contribution in [0.15, 0.2) is 18.2 Å². The van der Waals surface area contributed by atoms with Crippen LogP contribution in [0.1, 0.15) is 22.8 Å². The SMILES string of the molecule is CCOCC(=O)c1ccc(C)c(N)c1. The largest absolute Gasteiger partial charge is 0.398 e. The van der Waals surface area contributed by atoms with E-state index in [2.05, 4.69) is 0 Å². The second-order valence-electron chi connectivity index (χ2n) is 3.13. The lowest BCUT2D eigenvalue weighted by Gasteiger charge is -2.04. The zero-order chi connectivity index (χ0) is 10.6. The van der Waals surface area contributed by atoms with Crippen LogP contribution in [0.5, 0.6) is 0 Å². The van der Waals surface area contributed by atoms with E-state index in [0.717, 1.165) is 5.56 Å². The van der Waals surface area contributed by atoms with Crippen molar-refractivity contribution in [3.63, 3.8) is 0 Å². The fraction of sp³-hybridized carbons (Fsp3) is 0.364. The molecule has 0 radical (unpaired) electrons. The number of nitrogens with two attached hydrogens (primary N) is 1. The van der Waals surface area contributed by atoms with Crippen molar-refractivity contribution in [1.29, 1.82) is 0 Å². The Labute approximate surface area is 83.9 Å². The third kappa shape index (κ3) is 2.57. The smallest absolute Gasteiger partial charge is 0.188 e. The van der Waals surface area contributed by atoms with Gasteiger partial charge in [-0.15, -0.1) is 0 Å². The molecule has 0 atom stereocenters. The first-order valence-electron chi connectivity index (χ1n) is 4.62. The first-order valence-corrected chi connectivity index (χ1v) is 4.62. The van der Waals surface area contributed by atoms with Crippen molar-refractivity contribution < 1.29 is 9.53 Å². The van der Waals surface area contributed by atoms with E-state index >= 15 is 0 Å². The quantitative estimate of drug-likeness (QED) is 0.586. The third-order valence-electron chi connectivity index (χ3n) is 2.04. The van der Waals surface area contributed by atoms with Crippen LogP contribution in [-0.2, 0) is 4.74 Å². The number of anilines is 1. The van der Waals surface area contributed by atoms with E-state index in [1.165, 1.54) is 0 Å². The summed E-state index contributed by atoms with van der Waals surface area (Å²) in [4.78, 5) is 11.5. The van der Waals surface area contributed by atoms with Gasteiger partial charge < -0.3 is 10.5 Å². The minimum absolute atomic E-state index is 0.0291. The van der Waals surface area contributed by atoms with Crippen molar-refractivity contribution in [3.05, 3.63) is 29.3 Å². The summed E-state index contributed by atoms with van der Waals surface area (Å²) in [5.41, 5.74) is 7.94. The van der Waals surface area contributed by atoms with E-state index in [9.17, 15) is 4.79 Å². The number of carbonyl (C=O) groups excluding carboxylic acids is 1. The van der Waals surface area contributed by atoms with Crippen LogP contribution in [0.3, 0.4) is 0 Å². The van der Waals surface area contributed by atoms with Gasteiger partial charge in [-0.05, 0) is 25.5 Å². The molecule has 0 fully saturated rings. The molecule has 2 N–H and O–H groups in total. The van der Waals surface area contributed by atoms with Crippen molar-refractivity contribution in [2.45, 2.75) is 13.8 Å². The van der Waals surface area contributed by atoms with Crippen molar-refractivity contribution in [1.82, 2.24) is 0 Å². The molecule has 0 unspecified atom stereocenters. The Balaban J connectivity index is 2.76. The minimum Gasteiger partial charge on any atom is -0.398 e.